The van der Waals surface area contributed by atoms with Gasteiger partial charge in [-0.25, -0.2) is 14.1 Å². The highest BCUT2D eigenvalue weighted by Gasteiger charge is 2.22. The first-order chi connectivity index (χ1) is 12.6. The molecule has 1 aromatic heterocycles. The molecule has 0 saturated heterocycles. The number of aromatic nitrogens is 3. The number of guanidine groups is 1. The van der Waals surface area contributed by atoms with Crippen LogP contribution in [0.2, 0.25) is 0 Å². The number of nitrogens with zero attached hydrogens (tertiary/aromatic N) is 4. The molecule has 1 aliphatic rings. The number of hydrogen-bond donors (Lipinski definition) is 2. The lowest BCUT2D eigenvalue weighted by molar-refractivity contribution is 0.177. The van der Waals surface area contributed by atoms with Crippen LogP contribution in [0.4, 0.5) is 4.39 Å². The van der Waals surface area contributed by atoms with Crippen LogP contribution in [0.25, 0.3) is 0 Å². The molecule has 0 bridgehead atoms. The second kappa shape index (κ2) is 9.98. The molecule has 7 nitrogen and oxygen atoms in total. The maximum absolute atomic E-state index is 13.4. The Morgan fingerprint density at radius 3 is 2.96 bits per heavy atom. The van der Waals surface area contributed by atoms with Crippen molar-refractivity contribution in [2.75, 3.05) is 14.2 Å². The van der Waals surface area contributed by atoms with Crippen LogP contribution in [0.15, 0.2) is 23.2 Å². The molecule has 1 aliphatic heterocycles. The summed E-state index contributed by atoms with van der Waals surface area (Å²) in [5, 5.41) is 11.2. The highest BCUT2D eigenvalue weighted by atomic mass is 127. The van der Waals surface area contributed by atoms with Gasteiger partial charge in [0, 0.05) is 33.2 Å². The van der Waals surface area contributed by atoms with Gasteiger partial charge in [-0.05, 0) is 30.5 Å². The summed E-state index contributed by atoms with van der Waals surface area (Å²) in [7, 11) is 3.38. The number of rotatable bonds is 5. The van der Waals surface area contributed by atoms with Crippen molar-refractivity contribution >= 4 is 29.9 Å². The number of nitrogens with one attached hydrogen (secondary N) is 2. The second-order valence-corrected chi connectivity index (χ2v) is 6.45. The normalized spacial score (nSPS) is 16.4. The monoisotopic (exact) mass is 488 g/mol. The zero-order chi connectivity index (χ0) is 18.5. The zero-order valence-electron chi connectivity index (χ0n) is 15.8. The minimum Gasteiger partial charge on any atom is -0.377 e. The van der Waals surface area contributed by atoms with Gasteiger partial charge in [-0.3, -0.25) is 4.99 Å². The molecular weight excluding hydrogens is 462 g/mol. The highest BCUT2D eigenvalue weighted by molar-refractivity contribution is 14.0. The van der Waals surface area contributed by atoms with Crippen molar-refractivity contribution in [2.45, 2.75) is 45.5 Å². The minimum atomic E-state index is -0.185. The Bertz CT molecular complexity index is 794. The molecule has 0 radical (unpaired) electrons. The summed E-state index contributed by atoms with van der Waals surface area (Å²) in [5.41, 5.74) is 1.66. The fourth-order valence-corrected chi connectivity index (χ4v) is 3.06. The summed E-state index contributed by atoms with van der Waals surface area (Å²) in [6.07, 6.45) is 1.82. The average Bonchev–Trinajstić information content (AvgIpc) is 3.03. The zero-order valence-corrected chi connectivity index (χ0v) is 18.2. The third kappa shape index (κ3) is 5.61. The van der Waals surface area contributed by atoms with Crippen molar-refractivity contribution in [3.05, 3.63) is 46.8 Å². The number of halogens is 2. The summed E-state index contributed by atoms with van der Waals surface area (Å²) < 4.78 is 20.4. The predicted octanol–water partition coefficient (Wildman–Crippen LogP) is 2.17. The third-order valence-electron chi connectivity index (χ3n) is 4.42. The van der Waals surface area contributed by atoms with Gasteiger partial charge < -0.3 is 15.4 Å². The Morgan fingerprint density at radius 1 is 1.44 bits per heavy atom. The van der Waals surface area contributed by atoms with E-state index >= 15 is 0 Å². The van der Waals surface area contributed by atoms with Gasteiger partial charge in [-0.1, -0.05) is 12.1 Å². The Kier molecular flexibility index (Phi) is 7.96. The van der Waals surface area contributed by atoms with Crippen LogP contribution in [0.3, 0.4) is 0 Å². The van der Waals surface area contributed by atoms with Crippen LogP contribution < -0.4 is 10.6 Å². The van der Waals surface area contributed by atoms with Gasteiger partial charge in [0.1, 0.15) is 18.2 Å². The third-order valence-corrected chi connectivity index (χ3v) is 4.42. The first kappa shape index (κ1) is 21.5. The van der Waals surface area contributed by atoms with Gasteiger partial charge in [0.15, 0.2) is 11.8 Å². The molecule has 0 aliphatic carbocycles. The Morgan fingerprint density at radius 2 is 2.26 bits per heavy atom. The summed E-state index contributed by atoms with van der Waals surface area (Å²) in [6.45, 7) is 3.52. The first-order valence-electron chi connectivity index (χ1n) is 8.72. The molecule has 3 rings (SSSR count). The lowest BCUT2D eigenvalue weighted by atomic mass is 10.1. The van der Waals surface area contributed by atoms with Crippen LogP contribution in [0.1, 0.15) is 29.2 Å². The van der Waals surface area contributed by atoms with Crippen molar-refractivity contribution in [3.8, 4) is 0 Å². The fourth-order valence-electron chi connectivity index (χ4n) is 3.06. The number of methoxy groups -OCH3 is 1. The van der Waals surface area contributed by atoms with Crippen LogP contribution in [-0.4, -0.2) is 40.9 Å². The molecule has 1 unspecified atom stereocenters. The maximum atomic E-state index is 13.4. The molecule has 0 saturated carbocycles. The molecule has 2 heterocycles. The van der Waals surface area contributed by atoms with E-state index < -0.39 is 0 Å². The smallest absolute Gasteiger partial charge is 0.191 e. The molecule has 148 valence electrons. The van der Waals surface area contributed by atoms with E-state index in [9.17, 15) is 4.39 Å². The van der Waals surface area contributed by atoms with Crippen molar-refractivity contribution in [3.63, 3.8) is 0 Å². The van der Waals surface area contributed by atoms with E-state index in [2.05, 4.69) is 25.7 Å². The van der Waals surface area contributed by atoms with Crippen LogP contribution in [0, 0.1) is 12.7 Å². The highest BCUT2D eigenvalue weighted by Crippen LogP contribution is 2.13. The molecule has 0 spiro atoms. The van der Waals surface area contributed by atoms with Gasteiger partial charge in [0.05, 0.1) is 6.54 Å². The summed E-state index contributed by atoms with van der Waals surface area (Å²) in [5.74, 6) is 2.25. The molecule has 1 aromatic carbocycles. The number of fused-ring (bicyclic) bond motifs is 1. The van der Waals surface area contributed by atoms with Gasteiger partial charge in [-0.15, -0.1) is 24.0 Å². The van der Waals surface area contributed by atoms with Crippen molar-refractivity contribution in [1.29, 1.82) is 0 Å². The predicted molar refractivity (Wildman–Crippen MR) is 113 cm³/mol. The largest absolute Gasteiger partial charge is 0.377 e. The van der Waals surface area contributed by atoms with Gasteiger partial charge >= 0.3 is 0 Å². The first-order valence-corrected chi connectivity index (χ1v) is 8.72. The fraction of sp³-hybridized carbons (Fsp3) is 0.500. The summed E-state index contributed by atoms with van der Waals surface area (Å²) >= 11 is 0. The molecule has 2 N–H and O–H groups in total. The SMILES string of the molecule is CN=C(NCc1ccc(F)c(C)c1)NC1CCc2nc(COC)nn2C1.I. The van der Waals surface area contributed by atoms with Crippen molar-refractivity contribution < 1.29 is 9.13 Å². The summed E-state index contributed by atoms with van der Waals surface area (Å²) in [6, 6.07) is 5.34. The van der Waals surface area contributed by atoms with E-state index in [1.165, 1.54) is 6.07 Å². The number of aliphatic imine (C=N–C) groups is 1. The number of aryl methyl sites for hydroxylation is 2. The topological polar surface area (TPSA) is 76.4 Å². The lowest BCUT2D eigenvalue weighted by Gasteiger charge is -2.25. The van der Waals surface area contributed by atoms with Crippen LogP contribution in [-0.2, 0) is 30.9 Å². The van der Waals surface area contributed by atoms with Gasteiger partial charge in [-0.2, -0.15) is 5.10 Å². The van der Waals surface area contributed by atoms with E-state index in [0.717, 1.165) is 42.6 Å². The lowest BCUT2D eigenvalue weighted by Crippen LogP contribution is -2.46. The van der Waals surface area contributed by atoms with Crippen LogP contribution in [0.5, 0.6) is 0 Å². The second-order valence-electron chi connectivity index (χ2n) is 6.45. The molecule has 27 heavy (non-hydrogen) atoms. The van der Waals surface area contributed by atoms with Crippen molar-refractivity contribution in [1.82, 2.24) is 25.4 Å². The maximum Gasteiger partial charge on any atom is 0.191 e. The summed E-state index contributed by atoms with van der Waals surface area (Å²) in [4.78, 5) is 8.77. The van der Waals surface area contributed by atoms with E-state index in [1.807, 2.05) is 10.7 Å². The average molecular weight is 488 g/mol. The van der Waals surface area contributed by atoms with E-state index in [4.69, 9.17) is 4.74 Å². The molecule has 0 fully saturated rings. The van der Waals surface area contributed by atoms with E-state index in [0.29, 0.717) is 18.7 Å². The molecule has 9 heteroatoms. The van der Waals surface area contributed by atoms with E-state index in [1.54, 1.807) is 27.1 Å². The molecular formula is C18H26FIN6O. The Hall–Kier alpha value is -1.75. The Balaban J connectivity index is 0.00000261. The Labute approximate surface area is 175 Å². The van der Waals surface area contributed by atoms with Gasteiger partial charge in [0.25, 0.3) is 0 Å². The minimum absolute atomic E-state index is 0. The molecule has 1 atom stereocenters. The quantitative estimate of drug-likeness (QED) is 0.384. The van der Waals surface area contributed by atoms with Crippen LogP contribution >= 0.6 is 24.0 Å². The number of hydrogen-bond acceptors (Lipinski definition) is 4. The molecule has 0 amide bonds. The number of benzene rings is 1. The standard InChI is InChI=1S/C18H25FN6O.HI/c1-12-8-13(4-6-15(12)19)9-21-18(20-2)22-14-5-7-17-23-16(11-26-3)24-25(17)10-14;/h4,6,8,14H,5,7,9-11H2,1-3H3,(H2,20,21,22);1H. The van der Waals surface area contributed by atoms with Crippen molar-refractivity contribution in [2.24, 2.45) is 4.99 Å². The molecule has 2 aromatic rings. The van der Waals surface area contributed by atoms with E-state index in [-0.39, 0.29) is 35.8 Å². The van der Waals surface area contributed by atoms with Gasteiger partial charge in [0.2, 0.25) is 0 Å². The number of ether oxygens (including phenoxy) is 1.